The van der Waals surface area contributed by atoms with E-state index in [1.165, 1.54) is 11.3 Å². The second-order valence-electron chi connectivity index (χ2n) is 3.91. The van der Waals surface area contributed by atoms with E-state index in [-0.39, 0.29) is 0 Å². The molecule has 2 aromatic rings. The molecule has 0 saturated carbocycles. The van der Waals surface area contributed by atoms with Crippen LogP contribution in [0.3, 0.4) is 0 Å². The van der Waals surface area contributed by atoms with Crippen molar-refractivity contribution in [1.82, 2.24) is 5.32 Å². The highest BCUT2D eigenvalue weighted by atomic mass is 32.1. The number of carbonyl (C=O) groups excluding carboxylic acids is 2. The number of nitrogens with zero attached hydrogens (tertiary/aromatic N) is 1. The van der Waals surface area contributed by atoms with Crippen LogP contribution in [0.2, 0.25) is 0 Å². The van der Waals surface area contributed by atoms with Crippen LogP contribution in [0.4, 0.5) is 5.69 Å². The standard InChI is InChI=1S/C14H11N3O2S/c15-8-10-3-5-11(6-4-10)17-14(19)13(18)16-9-12-2-1-7-20-12/h1-7H,9H2,(H,16,18)(H,17,19). The van der Waals surface area contributed by atoms with Crippen molar-refractivity contribution in [2.75, 3.05) is 5.32 Å². The first-order valence-corrected chi connectivity index (χ1v) is 6.69. The van der Waals surface area contributed by atoms with Gasteiger partial charge in [-0.15, -0.1) is 11.3 Å². The summed E-state index contributed by atoms with van der Waals surface area (Å²) in [6.45, 7) is 0.331. The van der Waals surface area contributed by atoms with Crippen LogP contribution in [-0.2, 0) is 16.1 Å². The number of thiophene rings is 1. The molecule has 0 aliphatic rings. The van der Waals surface area contributed by atoms with E-state index in [0.717, 1.165) is 4.88 Å². The maximum absolute atomic E-state index is 11.6. The number of hydrogen-bond donors (Lipinski definition) is 2. The van der Waals surface area contributed by atoms with Crippen molar-refractivity contribution < 1.29 is 9.59 Å². The van der Waals surface area contributed by atoms with Crippen LogP contribution in [0.1, 0.15) is 10.4 Å². The molecule has 0 spiro atoms. The molecule has 0 unspecified atom stereocenters. The Balaban J connectivity index is 1.87. The topological polar surface area (TPSA) is 82.0 Å². The number of nitrogens with one attached hydrogen (secondary N) is 2. The normalized spacial score (nSPS) is 9.55. The maximum atomic E-state index is 11.6. The molecule has 0 aliphatic carbocycles. The third kappa shape index (κ3) is 3.67. The monoisotopic (exact) mass is 285 g/mol. The van der Waals surface area contributed by atoms with Crippen molar-refractivity contribution in [3.05, 3.63) is 52.2 Å². The SMILES string of the molecule is N#Cc1ccc(NC(=O)C(=O)NCc2cccs2)cc1. The molecule has 0 bridgehead atoms. The van der Waals surface area contributed by atoms with Crippen LogP contribution in [0, 0.1) is 11.3 Å². The Morgan fingerprint density at radius 3 is 2.50 bits per heavy atom. The summed E-state index contributed by atoms with van der Waals surface area (Å²) >= 11 is 1.51. The van der Waals surface area contributed by atoms with Crippen molar-refractivity contribution in [3.8, 4) is 6.07 Å². The van der Waals surface area contributed by atoms with E-state index in [2.05, 4.69) is 10.6 Å². The van der Waals surface area contributed by atoms with Crippen LogP contribution in [0.15, 0.2) is 41.8 Å². The Bertz CT molecular complexity index is 642. The Morgan fingerprint density at radius 2 is 1.90 bits per heavy atom. The molecule has 2 rings (SSSR count). The molecule has 2 amide bonds. The van der Waals surface area contributed by atoms with Crippen LogP contribution < -0.4 is 10.6 Å². The molecule has 6 heteroatoms. The van der Waals surface area contributed by atoms with E-state index in [1.807, 2.05) is 23.6 Å². The summed E-state index contributed by atoms with van der Waals surface area (Å²) in [6.07, 6.45) is 0. The van der Waals surface area contributed by atoms with Crippen LogP contribution >= 0.6 is 11.3 Å². The lowest BCUT2D eigenvalue weighted by Gasteiger charge is -2.05. The summed E-state index contributed by atoms with van der Waals surface area (Å²) in [7, 11) is 0. The van der Waals surface area contributed by atoms with E-state index in [0.29, 0.717) is 17.8 Å². The number of carbonyl (C=O) groups is 2. The molecule has 0 aliphatic heterocycles. The lowest BCUT2D eigenvalue weighted by Crippen LogP contribution is -2.34. The largest absolute Gasteiger partial charge is 0.343 e. The molecule has 1 aromatic carbocycles. The summed E-state index contributed by atoms with van der Waals surface area (Å²) < 4.78 is 0. The summed E-state index contributed by atoms with van der Waals surface area (Å²) in [5, 5.41) is 15.6. The second kappa shape index (κ2) is 6.50. The van der Waals surface area contributed by atoms with E-state index in [4.69, 9.17) is 5.26 Å². The van der Waals surface area contributed by atoms with Gasteiger partial charge in [0.2, 0.25) is 0 Å². The molecule has 100 valence electrons. The van der Waals surface area contributed by atoms with Gasteiger partial charge in [0.05, 0.1) is 18.2 Å². The molecule has 0 atom stereocenters. The smallest absolute Gasteiger partial charge is 0.313 e. The fraction of sp³-hybridized carbons (Fsp3) is 0.0714. The van der Waals surface area contributed by atoms with Gasteiger partial charge in [-0.2, -0.15) is 5.26 Å². The molecule has 0 fully saturated rings. The van der Waals surface area contributed by atoms with E-state index in [9.17, 15) is 9.59 Å². The molecular weight excluding hydrogens is 274 g/mol. The van der Waals surface area contributed by atoms with E-state index in [1.54, 1.807) is 24.3 Å². The zero-order valence-corrected chi connectivity index (χ0v) is 11.2. The quantitative estimate of drug-likeness (QED) is 0.845. The number of nitriles is 1. The number of anilines is 1. The average molecular weight is 285 g/mol. The molecule has 1 aromatic heterocycles. The first-order chi connectivity index (χ1) is 9.69. The van der Waals surface area contributed by atoms with Gasteiger partial charge in [-0.05, 0) is 35.7 Å². The van der Waals surface area contributed by atoms with Crippen molar-refractivity contribution >= 4 is 28.8 Å². The minimum Gasteiger partial charge on any atom is -0.343 e. The summed E-state index contributed by atoms with van der Waals surface area (Å²) in [4.78, 5) is 24.2. The first-order valence-electron chi connectivity index (χ1n) is 5.81. The number of rotatable bonds is 3. The van der Waals surface area contributed by atoms with E-state index < -0.39 is 11.8 Å². The van der Waals surface area contributed by atoms with Gasteiger partial charge >= 0.3 is 11.8 Å². The predicted octanol–water partition coefficient (Wildman–Crippen LogP) is 1.87. The minimum atomic E-state index is -0.730. The highest BCUT2D eigenvalue weighted by molar-refractivity contribution is 7.09. The van der Waals surface area contributed by atoms with E-state index >= 15 is 0 Å². The predicted molar refractivity (Wildman–Crippen MR) is 76.0 cm³/mol. The number of hydrogen-bond acceptors (Lipinski definition) is 4. The number of benzene rings is 1. The third-order valence-corrected chi connectivity index (χ3v) is 3.36. The van der Waals surface area contributed by atoms with Gasteiger partial charge < -0.3 is 10.6 Å². The van der Waals surface area contributed by atoms with Gasteiger partial charge in [-0.1, -0.05) is 6.07 Å². The third-order valence-electron chi connectivity index (χ3n) is 2.48. The second-order valence-corrected chi connectivity index (χ2v) is 4.94. The van der Waals surface area contributed by atoms with Gasteiger partial charge in [-0.25, -0.2) is 0 Å². The first kappa shape index (κ1) is 13.8. The Morgan fingerprint density at radius 1 is 1.15 bits per heavy atom. The molecular formula is C14H11N3O2S. The summed E-state index contributed by atoms with van der Waals surface area (Å²) in [5.74, 6) is -1.42. The van der Waals surface area contributed by atoms with Crippen molar-refractivity contribution in [2.24, 2.45) is 0 Å². The van der Waals surface area contributed by atoms with Crippen LogP contribution in [0.5, 0.6) is 0 Å². The van der Waals surface area contributed by atoms with Gasteiger partial charge in [0.15, 0.2) is 0 Å². The molecule has 20 heavy (non-hydrogen) atoms. The summed E-state index contributed by atoms with van der Waals surface area (Å²) in [5.41, 5.74) is 0.963. The molecule has 1 heterocycles. The Kier molecular flexibility index (Phi) is 4.47. The van der Waals surface area contributed by atoms with Crippen molar-refractivity contribution in [3.63, 3.8) is 0 Å². The minimum absolute atomic E-state index is 0.331. The summed E-state index contributed by atoms with van der Waals surface area (Å²) in [6, 6.07) is 12.0. The lowest BCUT2D eigenvalue weighted by molar-refractivity contribution is -0.136. The van der Waals surface area contributed by atoms with Gasteiger partial charge in [0.1, 0.15) is 0 Å². The molecule has 0 radical (unpaired) electrons. The zero-order chi connectivity index (χ0) is 14.4. The fourth-order valence-corrected chi connectivity index (χ4v) is 2.12. The Labute approximate surface area is 119 Å². The van der Waals surface area contributed by atoms with Crippen molar-refractivity contribution in [2.45, 2.75) is 6.54 Å². The maximum Gasteiger partial charge on any atom is 0.313 e. The van der Waals surface area contributed by atoms with Gasteiger partial charge in [-0.3, -0.25) is 9.59 Å². The lowest BCUT2D eigenvalue weighted by atomic mass is 10.2. The van der Waals surface area contributed by atoms with Gasteiger partial charge in [0.25, 0.3) is 0 Å². The zero-order valence-electron chi connectivity index (χ0n) is 10.4. The number of amides is 2. The highest BCUT2D eigenvalue weighted by Gasteiger charge is 2.13. The molecule has 0 saturated heterocycles. The van der Waals surface area contributed by atoms with Gasteiger partial charge in [0, 0.05) is 10.6 Å². The highest BCUT2D eigenvalue weighted by Crippen LogP contribution is 2.09. The van der Waals surface area contributed by atoms with Crippen molar-refractivity contribution in [1.29, 1.82) is 5.26 Å². The Hall–Kier alpha value is -2.65. The molecule has 2 N–H and O–H groups in total. The fourth-order valence-electron chi connectivity index (χ4n) is 1.48. The molecule has 5 nitrogen and oxygen atoms in total. The average Bonchev–Trinajstić information content (AvgIpc) is 2.98. The van der Waals surface area contributed by atoms with Crippen LogP contribution in [-0.4, -0.2) is 11.8 Å². The van der Waals surface area contributed by atoms with Crippen LogP contribution in [0.25, 0.3) is 0 Å².